The zero-order valence-corrected chi connectivity index (χ0v) is 14.7. The predicted octanol–water partition coefficient (Wildman–Crippen LogP) is 4.29. The number of hydrogen-bond acceptors (Lipinski definition) is 2. The van der Waals surface area contributed by atoms with Gasteiger partial charge in [-0.3, -0.25) is 9.69 Å². The van der Waals surface area contributed by atoms with E-state index in [2.05, 4.69) is 28.4 Å². The van der Waals surface area contributed by atoms with E-state index < -0.39 is 0 Å². The van der Waals surface area contributed by atoms with Gasteiger partial charge in [-0.15, -0.1) is 0 Å². The van der Waals surface area contributed by atoms with Crippen molar-refractivity contribution in [3.05, 3.63) is 47.0 Å². The van der Waals surface area contributed by atoms with E-state index in [1.807, 2.05) is 12.1 Å². The van der Waals surface area contributed by atoms with Crippen molar-refractivity contribution in [3.8, 4) is 0 Å². The van der Waals surface area contributed by atoms with Gasteiger partial charge in [0.1, 0.15) is 0 Å². The van der Waals surface area contributed by atoms with Crippen molar-refractivity contribution in [3.63, 3.8) is 0 Å². The van der Waals surface area contributed by atoms with Crippen LogP contribution in [0.5, 0.6) is 0 Å². The van der Waals surface area contributed by atoms with Crippen LogP contribution in [0, 0.1) is 0 Å². The summed E-state index contributed by atoms with van der Waals surface area (Å²) in [6.07, 6.45) is 12.4. The lowest BCUT2D eigenvalue weighted by molar-refractivity contribution is 0.0954. The highest BCUT2D eigenvalue weighted by Crippen LogP contribution is 2.19. The molecule has 130 valence electrons. The molecule has 1 N–H and O–H groups in total. The summed E-state index contributed by atoms with van der Waals surface area (Å²) in [6.45, 7) is 4.17. The molecule has 0 radical (unpaired) electrons. The number of likely N-dealkylation sites (tertiary alicyclic amines) is 1. The van der Waals surface area contributed by atoms with Crippen LogP contribution in [0.15, 0.2) is 35.9 Å². The fourth-order valence-corrected chi connectivity index (χ4v) is 3.71. The topological polar surface area (TPSA) is 32.3 Å². The quantitative estimate of drug-likeness (QED) is 0.791. The molecule has 1 fully saturated rings. The monoisotopic (exact) mass is 326 g/mol. The molecule has 1 heterocycles. The average molecular weight is 326 g/mol. The molecule has 24 heavy (non-hydrogen) atoms. The van der Waals surface area contributed by atoms with Gasteiger partial charge in [-0.1, -0.05) is 30.2 Å². The highest BCUT2D eigenvalue weighted by Gasteiger charge is 2.11. The lowest BCUT2D eigenvalue weighted by Crippen LogP contribution is -2.29. The Bertz CT molecular complexity index is 556. The minimum Gasteiger partial charge on any atom is -0.352 e. The van der Waals surface area contributed by atoms with Gasteiger partial charge in [0.05, 0.1) is 0 Å². The molecule has 2 aliphatic rings. The van der Waals surface area contributed by atoms with E-state index in [9.17, 15) is 4.79 Å². The molecule has 0 saturated carbocycles. The largest absolute Gasteiger partial charge is 0.352 e. The lowest BCUT2D eigenvalue weighted by Gasteiger charge is -2.26. The Morgan fingerprint density at radius 1 is 1.00 bits per heavy atom. The summed E-state index contributed by atoms with van der Waals surface area (Å²) in [5.41, 5.74) is 3.59. The zero-order chi connectivity index (χ0) is 16.6. The second kappa shape index (κ2) is 9.03. The zero-order valence-electron chi connectivity index (χ0n) is 14.7. The maximum Gasteiger partial charge on any atom is 0.251 e. The molecule has 3 nitrogen and oxygen atoms in total. The minimum absolute atomic E-state index is 0.0518. The van der Waals surface area contributed by atoms with Crippen LogP contribution in [0.3, 0.4) is 0 Å². The fourth-order valence-electron chi connectivity index (χ4n) is 3.71. The Labute approximate surface area is 146 Å². The van der Waals surface area contributed by atoms with Gasteiger partial charge >= 0.3 is 0 Å². The number of carbonyl (C=O) groups is 1. The van der Waals surface area contributed by atoms with Crippen molar-refractivity contribution in [2.45, 2.75) is 57.9 Å². The summed E-state index contributed by atoms with van der Waals surface area (Å²) in [5, 5.41) is 3.06. The summed E-state index contributed by atoms with van der Waals surface area (Å²) in [5.74, 6) is 0.0518. The molecule has 0 atom stereocenters. The Kier molecular flexibility index (Phi) is 6.48. The molecule has 1 aromatic rings. The van der Waals surface area contributed by atoms with Crippen LogP contribution in [0.4, 0.5) is 0 Å². The van der Waals surface area contributed by atoms with E-state index in [1.165, 1.54) is 69.2 Å². The summed E-state index contributed by atoms with van der Waals surface area (Å²) in [4.78, 5) is 14.8. The van der Waals surface area contributed by atoms with Crippen molar-refractivity contribution < 1.29 is 4.79 Å². The van der Waals surface area contributed by atoms with Crippen molar-refractivity contribution in [2.24, 2.45) is 0 Å². The van der Waals surface area contributed by atoms with Crippen LogP contribution in [0.1, 0.15) is 67.3 Å². The van der Waals surface area contributed by atoms with Gasteiger partial charge in [0.15, 0.2) is 0 Å². The highest BCUT2D eigenvalue weighted by molar-refractivity contribution is 5.94. The van der Waals surface area contributed by atoms with Gasteiger partial charge in [0, 0.05) is 18.7 Å². The molecule has 0 bridgehead atoms. The number of piperidine rings is 1. The smallest absolute Gasteiger partial charge is 0.251 e. The van der Waals surface area contributed by atoms with Gasteiger partial charge in [0.25, 0.3) is 5.91 Å². The summed E-state index contributed by atoms with van der Waals surface area (Å²) in [6, 6.07) is 8.14. The van der Waals surface area contributed by atoms with E-state index in [0.717, 1.165) is 25.1 Å². The van der Waals surface area contributed by atoms with Crippen molar-refractivity contribution in [1.82, 2.24) is 10.2 Å². The van der Waals surface area contributed by atoms with Crippen LogP contribution in [0.2, 0.25) is 0 Å². The summed E-state index contributed by atoms with van der Waals surface area (Å²) >= 11 is 0. The maximum atomic E-state index is 12.2. The van der Waals surface area contributed by atoms with E-state index in [4.69, 9.17) is 0 Å². The van der Waals surface area contributed by atoms with Crippen LogP contribution in [-0.4, -0.2) is 30.4 Å². The van der Waals surface area contributed by atoms with E-state index in [-0.39, 0.29) is 5.91 Å². The molecule has 0 unspecified atom stereocenters. The second-order valence-electron chi connectivity index (χ2n) is 7.15. The number of amides is 1. The Morgan fingerprint density at radius 3 is 2.50 bits per heavy atom. The summed E-state index contributed by atoms with van der Waals surface area (Å²) < 4.78 is 0. The van der Waals surface area contributed by atoms with E-state index in [1.54, 1.807) is 0 Å². The first-order valence-electron chi connectivity index (χ1n) is 9.59. The second-order valence-corrected chi connectivity index (χ2v) is 7.15. The number of benzene rings is 1. The molecular formula is C21H30N2O. The highest BCUT2D eigenvalue weighted by atomic mass is 16.1. The molecule has 1 saturated heterocycles. The van der Waals surface area contributed by atoms with E-state index >= 15 is 0 Å². The third-order valence-corrected chi connectivity index (χ3v) is 5.19. The number of carbonyl (C=O) groups excluding carboxylic acids is 1. The minimum atomic E-state index is 0.0518. The maximum absolute atomic E-state index is 12.2. The molecular weight excluding hydrogens is 296 g/mol. The van der Waals surface area contributed by atoms with Crippen LogP contribution >= 0.6 is 0 Å². The standard InChI is InChI=1S/C21H30N2O/c24-21(22-14-13-18-7-3-1-4-8-18)20-11-9-19(10-12-20)17-23-15-5-2-6-16-23/h7,9-12H,1-6,8,13-17H2,(H,22,24). The molecule has 1 amide bonds. The third kappa shape index (κ3) is 5.20. The number of hydrogen-bond donors (Lipinski definition) is 1. The molecule has 3 rings (SSSR count). The predicted molar refractivity (Wildman–Crippen MR) is 99.1 cm³/mol. The van der Waals surface area contributed by atoms with Gasteiger partial charge in [-0.25, -0.2) is 0 Å². The van der Waals surface area contributed by atoms with Gasteiger partial charge in [0.2, 0.25) is 0 Å². The Morgan fingerprint density at radius 2 is 1.79 bits per heavy atom. The molecule has 1 aliphatic heterocycles. The Balaban J connectivity index is 1.43. The number of nitrogens with zero attached hydrogens (tertiary/aromatic N) is 1. The number of allylic oxidation sites excluding steroid dienone is 1. The van der Waals surface area contributed by atoms with Crippen molar-refractivity contribution in [1.29, 1.82) is 0 Å². The first kappa shape index (κ1) is 17.2. The van der Waals surface area contributed by atoms with Gasteiger partial charge in [-0.05, 0) is 75.7 Å². The molecule has 1 aliphatic carbocycles. The lowest BCUT2D eigenvalue weighted by atomic mass is 9.97. The average Bonchev–Trinajstić information content (AvgIpc) is 2.64. The van der Waals surface area contributed by atoms with E-state index in [0.29, 0.717) is 0 Å². The van der Waals surface area contributed by atoms with Crippen LogP contribution in [0.25, 0.3) is 0 Å². The van der Waals surface area contributed by atoms with Gasteiger partial charge < -0.3 is 5.32 Å². The molecule has 0 spiro atoms. The normalized spacial score (nSPS) is 18.9. The van der Waals surface area contributed by atoms with Gasteiger partial charge in [-0.2, -0.15) is 0 Å². The van der Waals surface area contributed by atoms with Crippen molar-refractivity contribution in [2.75, 3.05) is 19.6 Å². The number of nitrogens with one attached hydrogen (secondary N) is 1. The Hall–Kier alpha value is -1.61. The third-order valence-electron chi connectivity index (χ3n) is 5.19. The molecule has 1 aromatic carbocycles. The van der Waals surface area contributed by atoms with Crippen LogP contribution < -0.4 is 5.32 Å². The van der Waals surface area contributed by atoms with Crippen LogP contribution in [-0.2, 0) is 6.54 Å². The molecule has 0 aromatic heterocycles. The fraction of sp³-hybridized carbons (Fsp3) is 0.571. The first-order chi connectivity index (χ1) is 11.8. The SMILES string of the molecule is O=C(NCCC1=CCCCC1)c1ccc(CN2CCCCC2)cc1. The van der Waals surface area contributed by atoms with Crippen molar-refractivity contribution >= 4 is 5.91 Å². The molecule has 3 heteroatoms. The summed E-state index contributed by atoms with van der Waals surface area (Å²) in [7, 11) is 0. The first-order valence-corrected chi connectivity index (χ1v) is 9.59. The number of rotatable bonds is 6.